The van der Waals surface area contributed by atoms with Gasteiger partial charge in [0.05, 0.1) is 5.54 Å². The van der Waals surface area contributed by atoms with Crippen molar-refractivity contribution in [3.05, 3.63) is 28.8 Å². The number of nitrogens with zero attached hydrogens (tertiary/aromatic N) is 1. The maximum atomic E-state index is 10.8. The predicted molar refractivity (Wildman–Crippen MR) is 105 cm³/mol. The highest BCUT2D eigenvalue weighted by Gasteiger charge is 2.32. The first kappa shape index (κ1) is 20.7. The summed E-state index contributed by atoms with van der Waals surface area (Å²) in [7, 11) is 0. The summed E-state index contributed by atoms with van der Waals surface area (Å²) in [6, 6.07) is 4.15. The van der Waals surface area contributed by atoms with E-state index in [0.29, 0.717) is 5.75 Å². The Labute approximate surface area is 148 Å². The Kier molecular flexibility index (Phi) is 5.33. The fourth-order valence-electron chi connectivity index (χ4n) is 2.16. The average molecular weight is 333 g/mol. The molecule has 0 saturated carbocycles. The Bertz CT molecular complexity index is 621. The third kappa shape index (κ3) is 4.60. The highest BCUT2D eigenvalue weighted by atomic mass is 16.3. The van der Waals surface area contributed by atoms with Crippen molar-refractivity contribution in [1.82, 2.24) is 0 Å². The fourth-order valence-corrected chi connectivity index (χ4v) is 2.16. The quantitative estimate of drug-likeness (QED) is 0.772. The van der Waals surface area contributed by atoms with Gasteiger partial charge in [0.1, 0.15) is 5.75 Å². The molecule has 0 fully saturated rings. The van der Waals surface area contributed by atoms with Crippen LogP contribution >= 0.6 is 0 Å². The minimum Gasteiger partial charge on any atom is -0.507 e. The van der Waals surface area contributed by atoms with Crippen LogP contribution in [0.5, 0.6) is 5.75 Å². The Balaban J connectivity index is 3.54. The van der Waals surface area contributed by atoms with E-state index in [9.17, 15) is 5.11 Å². The predicted octanol–water partition coefficient (Wildman–Crippen LogP) is 4.92. The van der Waals surface area contributed by atoms with E-state index < -0.39 is 11.1 Å². The van der Waals surface area contributed by atoms with Crippen LogP contribution in [0.1, 0.15) is 85.9 Å². The Morgan fingerprint density at radius 2 is 1.38 bits per heavy atom. The Hall–Kier alpha value is -1.35. The first-order valence-corrected chi connectivity index (χ1v) is 8.69. The van der Waals surface area contributed by atoms with Gasteiger partial charge in [0.25, 0.3) is 0 Å². The monoisotopic (exact) mass is 332 g/mol. The van der Waals surface area contributed by atoms with Gasteiger partial charge in [-0.25, -0.2) is 0 Å². The van der Waals surface area contributed by atoms with Crippen molar-refractivity contribution in [2.75, 3.05) is 0 Å². The minimum atomic E-state index is -0.451. The van der Waals surface area contributed by atoms with E-state index in [1.54, 1.807) is 6.21 Å². The Morgan fingerprint density at radius 3 is 1.75 bits per heavy atom. The lowest BCUT2D eigenvalue weighted by Gasteiger charge is -2.35. The number of nitrogens with two attached hydrogens (primary N) is 1. The summed E-state index contributed by atoms with van der Waals surface area (Å²) in [6.07, 6.45) is 1.77. The second kappa shape index (κ2) is 6.18. The standard InChI is InChI=1S/C21H36N2O/c1-18(2,3)15-11-14(13-23-21(9,10)20(7,8)22)17(24)16(12-15)19(4,5)6/h11-13,24H,22H2,1-10H3. The molecule has 0 aliphatic carbocycles. The van der Waals surface area contributed by atoms with Crippen LogP contribution in [-0.2, 0) is 10.8 Å². The topological polar surface area (TPSA) is 58.6 Å². The summed E-state index contributed by atoms with van der Waals surface area (Å²) in [4.78, 5) is 4.69. The Morgan fingerprint density at radius 1 is 0.875 bits per heavy atom. The summed E-state index contributed by atoms with van der Waals surface area (Å²) in [5.41, 5.74) is 8.10. The zero-order valence-electron chi connectivity index (χ0n) is 17.2. The van der Waals surface area contributed by atoms with Crippen LogP contribution in [0.15, 0.2) is 17.1 Å². The van der Waals surface area contributed by atoms with E-state index >= 15 is 0 Å². The molecule has 3 heteroatoms. The number of aliphatic imine (C=N–C) groups is 1. The van der Waals surface area contributed by atoms with Gasteiger partial charge >= 0.3 is 0 Å². The highest BCUT2D eigenvalue weighted by molar-refractivity contribution is 5.85. The van der Waals surface area contributed by atoms with Crippen LogP contribution in [-0.4, -0.2) is 22.4 Å². The largest absolute Gasteiger partial charge is 0.507 e. The van der Waals surface area contributed by atoms with Gasteiger partial charge in [-0.3, -0.25) is 4.99 Å². The maximum absolute atomic E-state index is 10.8. The van der Waals surface area contributed by atoms with E-state index in [1.165, 1.54) is 5.56 Å². The number of hydrogen-bond acceptors (Lipinski definition) is 3. The summed E-state index contributed by atoms with van der Waals surface area (Å²) in [5, 5.41) is 10.8. The van der Waals surface area contributed by atoms with Crippen LogP contribution in [0.4, 0.5) is 0 Å². The van der Waals surface area contributed by atoms with E-state index in [2.05, 4.69) is 47.6 Å². The molecule has 0 heterocycles. The smallest absolute Gasteiger partial charge is 0.128 e. The van der Waals surface area contributed by atoms with E-state index in [0.717, 1.165) is 11.1 Å². The third-order valence-electron chi connectivity index (χ3n) is 4.92. The molecule has 1 aromatic carbocycles. The molecule has 1 rings (SSSR count). The van der Waals surface area contributed by atoms with E-state index in [4.69, 9.17) is 10.7 Å². The van der Waals surface area contributed by atoms with Crippen molar-refractivity contribution in [2.24, 2.45) is 10.7 Å². The summed E-state index contributed by atoms with van der Waals surface area (Å²) in [5.74, 6) is 0.310. The maximum Gasteiger partial charge on any atom is 0.128 e. The average Bonchev–Trinajstić information content (AvgIpc) is 2.33. The normalized spacial score (nSPS) is 14.5. The third-order valence-corrected chi connectivity index (χ3v) is 4.92. The molecule has 1 aromatic rings. The molecule has 0 bridgehead atoms. The van der Waals surface area contributed by atoms with Gasteiger partial charge in [-0.2, -0.15) is 0 Å². The summed E-state index contributed by atoms with van der Waals surface area (Å²) >= 11 is 0. The van der Waals surface area contributed by atoms with Crippen LogP contribution in [0.2, 0.25) is 0 Å². The van der Waals surface area contributed by atoms with Gasteiger partial charge in [0.15, 0.2) is 0 Å². The molecule has 0 atom stereocenters. The van der Waals surface area contributed by atoms with Gasteiger partial charge in [-0.05, 0) is 50.2 Å². The number of phenolic OH excluding ortho intramolecular Hbond substituents is 1. The van der Waals surface area contributed by atoms with Crippen molar-refractivity contribution in [3.63, 3.8) is 0 Å². The zero-order chi connectivity index (χ0) is 19.1. The number of phenols is 1. The first-order valence-electron chi connectivity index (χ1n) is 8.69. The molecule has 0 radical (unpaired) electrons. The number of hydrogen-bond donors (Lipinski definition) is 2. The van der Waals surface area contributed by atoms with Crippen molar-refractivity contribution in [2.45, 2.75) is 91.1 Å². The molecular weight excluding hydrogens is 296 g/mol. The van der Waals surface area contributed by atoms with Crippen LogP contribution in [0, 0.1) is 0 Å². The molecule has 0 amide bonds. The first-order chi connectivity index (χ1) is 10.5. The highest BCUT2D eigenvalue weighted by Crippen LogP contribution is 2.37. The lowest BCUT2D eigenvalue weighted by Crippen LogP contribution is -2.51. The van der Waals surface area contributed by atoms with Gasteiger partial charge in [-0.1, -0.05) is 47.6 Å². The number of aromatic hydroxyl groups is 1. The molecule has 0 spiro atoms. The SMILES string of the molecule is CC(C)(C)c1cc(C=NC(C)(C)C(C)(C)N)c(O)c(C(C)(C)C)c1. The van der Waals surface area contributed by atoms with Crippen molar-refractivity contribution >= 4 is 6.21 Å². The molecule has 0 aromatic heterocycles. The fraction of sp³-hybridized carbons (Fsp3) is 0.667. The second-order valence-corrected chi connectivity index (χ2v) is 10.0. The van der Waals surface area contributed by atoms with Crippen LogP contribution < -0.4 is 5.73 Å². The van der Waals surface area contributed by atoms with Gasteiger partial charge in [-0.15, -0.1) is 0 Å². The molecule has 0 aliphatic rings. The van der Waals surface area contributed by atoms with Gasteiger partial charge in [0, 0.05) is 22.9 Å². The van der Waals surface area contributed by atoms with E-state index in [1.807, 2.05) is 33.8 Å². The summed E-state index contributed by atoms with van der Waals surface area (Å²) < 4.78 is 0. The molecule has 0 aliphatic heterocycles. The molecule has 24 heavy (non-hydrogen) atoms. The molecule has 3 nitrogen and oxygen atoms in total. The number of rotatable bonds is 3. The lowest BCUT2D eigenvalue weighted by molar-refractivity contribution is 0.313. The molecule has 0 saturated heterocycles. The molecule has 3 N–H and O–H groups in total. The molecule has 0 unspecified atom stereocenters. The van der Waals surface area contributed by atoms with E-state index in [-0.39, 0.29) is 10.8 Å². The second-order valence-electron chi connectivity index (χ2n) is 10.0. The van der Waals surface area contributed by atoms with Gasteiger partial charge < -0.3 is 10.8 Å². The number of benzene rings is 1. The van der Waals surface area contributed by atoms with Gasteiger partial charge in [0.2, 0.25) is 0 Å². The lowest BCUT2D eigenvalue weighted by atomic mass is 9.79. The van der Waals surface area contributed by atoms with Crippen molar-refractivity contribution in [1.29, 1.82) is 0 Å². The minimum absolute atomic E-state index is 0.00105. The molecule has 136 valence electrons. The summed E-state index contributed by atoms with van der Waals surface area (Å²) in [6.45, 7) is 20.8. The molecular formula is C21H36N2O. The van der Waals surface area contributed by atoms with Crippen molar-refractivity contribution in [3.8, 4) is 5.75 Å². The zero-order valence-corrected chi connectivity index (χ0v) is 17.2. The van der Waals surface area contributed by atoms with Crippen LogP contribution in [0.25, 0.3) is 0 Å². The van der Waals surface area contributed by atoms with Crippen LogP contribution in [0.3, 0.4) is 0 Å². The van der Waals surface area contributed by atoms with Crippen molar-refractivity contribution < 1.29 is 5.11 Å².